The molecule has 3 rings (SSSR count). The molecule has 2 aromatic heterocycles. The number of fused-ring (bicyclic) bond motifs is 1. The van der Waals surface area contributed by atoms with Gasteiger partial charge in [0.15, 0.2) is 4.34 Å². The van der Waals surface area contributed by atoms with E-state index >= 15 is 0 Å². The molecule has 5 nitrogen and oxygen atoms in total. The van der Waals surface area contributed by atoms with Crippen molar-refractivity contribution in [1.82, 2.24) is 10.2 Å². The maximum atomic E-state index is 12.5. The van der Waals surface area contributed by atoms with Crippen molar-refractivity contribution in [3.05, 3.63) is 35.6 Å². The fraction of sp³-hybridized carbons (Fsp3) is 0.450. The van der Waals surface area contributed by atoms with E-state index in [1.165, 1.54) is 16.9 Å². The summed E-state index contributed by atoms with van der Waals surface area (Å²) in [5.41, 5.74) is 2.95. The molecule has 7 heteroatoms. The van der Waals surface area contributed by atoms with Crippen LogP contribution in [0.25, 0.3) is 11.0 Å². The van der Waals surface area contributed by atoms with Gasteiger partial charge < -0.3 is 9.73 Å². The molecule has 0 bridgehead atoms. The molecule has 0 aliphatic rings. The Kier molecular flexibility index (Phi) is 6.22. The Labute approximate surface area is 167 Å². The highest BCUT2D eigenvalue weighted by atomic mass is 32.2. The lowest BCUT2D eigenvalue weighted by Crippen LogP contribution is -2.14. The van der Waals surface area contributed by atoms with Crippen LogP contribution in [0.2, 0.25) is 0 Å². The highest BCUT2D eigenvalue weighted by Gasteiger charge is 2.17. The average Bonchev–Trinajstić information content (AvgIpc) is 3.21. The number of benzene rings is 1. The number of amides is 1. The van der Waals surface area contributed by atoms with Crippen molar-refractivity contribution in [2.24, 2.45) is 0 Å². The Morgan fingerprint density at radius 1 is 1.30 bits per heavy atom. The Morgan fingerprint density at radius 3 is 2.85 bits per heavy atom. The number of hydrogen-bond donors (Lipinski definition) is 1. The van der Waals surface area contributed by atoms with Gasteiger partial charge in [0.1, 0.15) is 5.58 Å². The Bertz CT molecular complexity index is 925. The van der Waals surface area contributed by atoms with Crippen molar-refractivity contribution < 1.29 is 9.21 Å². The second-order valence-electron chi connectivity index (χ2n) is 7.52. The quantitative estimate of drug-likeness (QED) is 0.313. The van der Waals surface area contributed by atoms with Gasteiger partial charge in [-0.05, 0) is 29.5 Å². The molecular formula is C20H25N3O2S2. The minimum absolute atomic E-state index is 0.0450. The van der Waals surface area contributed by atoms with E-state index in [-0.39, 0.29) is 17.7 Å². The van der Waals surface area contributed by atoms with Crippen molar-refractivity contribution in [3.8, 4) is 0 Å². The summed E-state index contributed by atoms with van der Waals surface area (Å²) in [6.07, 6.45) is 4.22. The first-order valence-corrected chi connectivity index (χ1v) is 10.9. The summed E-state index contributed by atoms with van der Waals surface area (Å²) >= 11 is 3.10. The lowest BCUT2D eigenvalue weighted by molar-refractivity contribution is -0.115. The number of nitrogens with zero attached hydrogens (tertiary/aromatic N) is 2. The van der Waals surface area contributed by atoms with Gasteiger partial charge >= 0.3 is 0 Å². The summed E-state index contributed by atoms with van der Waals surface area (Å²) in [6, 6.07) is 6.17. The molecule has 0 aliphatic carbocycles. The maximum Gasteiger partial charge on any atom is 0.230 e. The monoisotopic (exact) mass is 403 g/mol. The minimum Gasteiger partial charge on any atom is -0.464 e. The predicted octanol–water partition coefficient (Wildman–Crippen LogP) is 5.66. The normalized spacial score (nSPS) is 11.9. The van der Waals surface area contributed by atoms with Gasteiger partial charge in [0, 0.05) is 16.7 Å². The average molecular weight is 404 g/mol. The molecule has 144 valence electrons. The van der Waals surface area contributed by atoms with Gasteiger partial charge in [0.2, 0.25) is 11.0 Å². The Morgan fingerprint density at radius 2 is 2.11 bits per heavy atom. The van der Waals surface area contributed by atoms with E-state index in [4.69, 9.17) is 4.42 Å². The first-order valence-electron chi connectivity index (χ1n) is 9.13. The third-order valence-corrected chi connectivity index (χ3v) is 6.31. The number of rotatable bonds is 7. The molecule has 0 saturated carbocycles. The molecule has 0 atom stereocenters. The molecule has 0 radical (unpaired) electrons. The van der Waals surface area contributed by atoms with Gasteiger partial charge in [-0.25, -0.2) is 0 Å². The van der Waals surface area contributed by atoms with Crippen LogP contribution < -0.4 is 5.32 Å². The maximum absolute atomic E-state index is 12.5. The fourth-order valence-corrected chi connectivity index (χ4v) is 4.57. The van der Waals surface area contributed by atoms with Crippen LogP contribution in [0.5, 0.6) is 0 Å². The number of carbonyl (C=O) groups is 1. The molecule has 0 aliphatic heterocycles. The number of aromatic nitrogens is 2. The zero-order valence-electron chi connectivity index (χ0n) is 16.2. The Balaban J connectivity index is 1.67. The molecular weight excluding hydrogens is 378 g/mol. The molecule has 0 unspecified atom stereocenters. The SMILES string of the molecule is CCCCSc1nnc(NC(=O)Cc2coc3ccc(C(C)(C)C)cc23)s1. The van der Waals surface area contributed by atoms with Crippen molar-refractivity contribution in [2.75, 3.05) is 11.1 Å². The van der Waals surface area contributed by atoms with E-state index in [0.717, 1.165) is 39.5 Å². The van der Waals surface area contributed by atoms with Crippen molar-refractivity contribution in [3.63, 3.8) is 0 Å². The molecule has 1 amide bonds. The summed E-state index contributed by atoms with van der Waals surface area (Å²) in [4.78, 5) is 12.5. The van der Waals surface area contributed by atoms with Gasteiger partial charge in [-0.2, -0.15) is 0 Å². The Hall–Kier alpha value is -1.86. The zero-order valence-corrected chi connectivity index (χ0v) is 17.8. The lowest BCUT2D eigenvalue weighted by Gasteiger charge is -2.18. The first-order chi connectivity index (χ1) is 12.9. The molecule has 0 fully saturated rings. The third-order valence-electron chi connectivity index (χ3n) is 4.25. The summed E-state index contributed by atoms with van der Waals surface area (Å²) in [6.45, 7) is 8.68. The molecule has 1 N–H and O–H groups in total. The van der Waals surface area contributed by atoms with Gasteiger partial charge in [0.25, 0.3) is 0 Å². The molecule has 0 spiro atoms. The highest BCUT2D eigenvalue weighted by Crippen LogP contribution is 2.30. The molecule has 1 aromatic carbocycles. The smallest absolute Gasteiger partial charge is 0.230 e. The summed E-state index contributed by atoms with van der Waals surface area (Å²) in [5.74, 6) is 0.913. The predicted molar refractivity (Wildman–Crippen MR) is 113 cm³/mol. The number of carbonyl (C=O) groups excluding carboxylic acids is 1. The van der Waals surface area contributed by atoms with Crippen LogP contribution in [-0.4, -0.2) is 21.9 Å². The van der Waals surface area contributed by atoms with E-state index in [9.17, 15) is 4.79 Å². The summed E-state index contributed by atoms with van der Waals surface area (Å²) in [5, 5.41) is 12.6. The van der Waals surface area contributed by atoms with Gasteiger partial charge in [-0.3, -0.25) is 4.79 Å². The van der Waals surface area contributed by atoms with Gasteiger partial charge in [-0.1, -0.05) is 63.3 Å². The summed E-state index contributed by atoms with van der Waals surface area (Å²) in [7, 11) is 0. The van der Waals surface area contributed by atoms with Crippen LogP contribution in [0.4, 0.5) is 5.13 Å². The van der Waals surface area contributed by atoms with Crippen LogP contribution in [0.3, 0.4) is 0 Å². The lowest BCUT2D eigenvalue weighted by atomic mass is 9.86. The number of nitrogens with one attached hydrogen (secondary N) is 1. The number of unbranched alkanes of at least 4 members (excludes halogenated alkanes) is 1. The number of hydrogen-bond acceptors (Lipinski definition) is 6. The molecule has 0 saturated heterocycles. The van der Waals surface area contributed by atoms with E-state index in [2.05, 4.69) is 55.3 Å². The largest absolute Gasteiger partial charge is 0.464 e. The molecule has 3 aromatic rings. The third kappa shape index (κ3) is 5.11. The van der Waals surface area contributed by atoms with Crippen molar-refractivity contribution in [1.29, 1.82) is 0 Å². The molecule has 2 heterocycles. The fourth-order valence-electron chi connectivity index (χ4n) is 2.64. The number of anilines is 1. The van der Waals surface area contributed by atoms with Gasteiger partial charge in [0.05, 0.1) is 12.7 Å². The van der Waals surface area contributed by atoms with Crippen LogP contribution in [0.15, 0.2) is 33.2 Å². The van der Waals surface area contributed by atoms with E-state index < -0.39 is 0 Å². The topological polar surface area (TPSA) is 68.0 Å². The second-order valence-corrected chi connectivity index (χ2v) is 9.84. The second kappa shape index (κ2) is 8.44. The molecule has 27 heavy (non-hydrogen) atoms. The van der Waals surface area contributed by atoms with Crippen LogP contribution in [0.1, 0.15) is 51.7 Å². The van der Waals surface area contributed by atoms with E-state index in [1.54, 1.807) is 18.0 Å². The minimum atomic E-state index is -0.111. The van der Waals surface area contributed by atoms with Crippen LogP contribution >= 0.6 is 23.1 Å². The van der Waals surface area contributed by atoms with E-state index in [0.29, 0.717) is 5.13 Å². The van der Waals surface area contributed by atoms with Crippen LogP contribution in [0, 0.1) is 0 Å². The van der Waals surface area contributed by atoms with Gasteiger partial charge in [-0.15, -0.1) is 10.2 Å². The number of furan rings is 1. The number of thioether (sulfide) groups is 1. The highest BCUT2D eigenvalue weighted by molar-refractivity contribution is 8.01. The van der Waals surface area contributed by atoms with Crippen molar-refractivity contribution >= 4 is 45.1 Å². The van der Waals surface area contributed by atoms with E-state index in [1.807, 2.05) is 6.07 Å². The first kappa shape index (κ1) is 19.9. The summed E-state index contributed by atoms with van der Waals surface area (Å²) < 4.78 is 6.51. The van der Waals surface area contributed by atoms with Crippen LogP contribution in [-0.2, 0) is 16.6 Å². The standard InChI is InChI=1S/C20H25N3O2S2/c1-5-6-9-26-19-23-22-18(27-19)21-17(24)10-13-12-25-16-8-7-14(11-15(13)16)20(2,3)4/h7-8,11-12H,5-6,9-10H2,1-4H3,(H,21,22,24). The van der Waals surface area contributed by atoms with Crippen molar-refractivity contribution in [2.45, 2.75) is 56.7 Å². The zero-order chi connectivity index (χ0) is 19.4.